The Labute approximate surface area is 449 Å². The minimum Gasteiger partial charge on any atom is -0.462 e. The molecule has 420 valence electrons. The van der Waals surface area contributed by atoms with Gasteiger partial charge in [-0.15, -0.1) is 0 Å². The lowest BCUT2D eigenvalue weighted by Crippen LogP contribution is -2.28. The second-order valence-electron chi connectivity index (χ2n) is 21.5. The van der Waals surface area contributed by atoms with Gasteiger partial charge in [0.15, 0.2) is 6.10 Å². The maximum absolute atomic E-state index is 12.3. The summed E-state index contributed by atoms with van der Waals surface area (Å²) in [4.78, 5) is 24.6. The highest BCUT2D eigenvalue weighted by molar-refractivity contribution is 5.70. The number of aliphatic hydroxyl groups excluding tert-OH is 1. The van der Waals surface area contributed by atoms with E-state index in [1.165, 1.54) is 244 Å². The molecule has 0 spiro atoms. The quantitative estimate of drug-likeness (QED) is 0.0373. The van der Waals surface area contributed by atoms with E-state index in [4.69, 9.17) is 9.47 Å². The monoisotopic (exact) mass is 1010 g/mol. The van der Waals surface area contributed by atoms with Crippen molar-refractivity contribution in [2.75, 3.05) is 13.2 Å². The molecule has 0 aliphatic carbocycles. The second-order valence-corrected chi connectivity index (χ2v) is 21.5. The molecule has 72 heavy (non-hydrogen) atoms. The molecule has 0 aliphatic rings. The zero-order valence-electron chi connectivity index (χ0n) is 48.2. The molecule has 0 rings (SSSR count). The van der Waals surface area contributed by atoms with Crippen LogP contribution >= 0.6 is 0 Å². The van der Waals surface area contributed by atoms with Gasteiger partial charge in [-0.05, 0) is 77.0 Å². The lowest BCUT2D eigenvalue weighted by Gasteiger charge is -2.15. The van der Waals surface area contributed by atoms with Crippen LogP contribution in [-0.4, -0.2) is 36.4 Å². The summed E-state index contributed by atoms with van der Waals surface area (Å²) in [6.07, 6.45) is 85.1. The molecular weight excluding hydrogens is 885 g/mol. The Kier molecular flexibility index (Phi) is 60.8. The van der Waals surface area contributed by atoms with Crippen LogP contribution in [0.2, 0.25) is 0 Å². The van der Waals surface area contributed by atoms with E-state index in [1.807, 2.05) is 0 Å². The van der Waals surface area contributed by atoms with Crippen molar-refractivity contribution in [2.45, 2.75) is 341 Å². The first kappa shape index (κ1) is 69.6. The molecule has 5 heteroatoms. The van der Waals surface area contributed by atoms with Gasteiger partial charge in [-0.25, -0.2) is 0 Å². The first-order valence-corrected chi connectivity index (χ1v) is 31.8. The highest BCUT2D eigenvalue weighted by Crippen LogP contribution is 2.18. The van der Waals surface area contributed by atoms with Gasteiger partial charge in [-0.1, -0.05) is 306 Å². The predicted octanol–water partition coefficient (Wildman–Crippen LogP) is 21.8. The summed E-state index contributed by atoms with van der Waals surface area (Å²) in [7, 11) is 0. The number of unbranched alkanes of at least 4 members (excludes halogenated alkanes) is 41. The predicted molar refractivity (Wildman–Crippen MR) is 316 cm³/mol. The molecule has 0 amide bonds. The molecule has 0 aromatic carbocycles. The van der Waals surface area contributed by atoms with Crippen LogP contribution in [0.4, 0.5) is 0 Å². The summed E-state index contributed by atoms with van der Waals surface area (Å²) in [5.41, 5.74) is 0. The molecule has 1 unspecified atom stereocenters. The average molecular weight is 1010 g/mol. The van der Waals surface area contributed by atoms with Crippen molar-refractivity contribution in [3.8, 4) is 0 Å². The van der Waals surface area contributed by atoms with E-state index in [9.17, 15) is 14.7 Å². The molecule has 0 fully saturated rings. The van der Waals surface area contributed by atoms with Crippen LogP contribution in [0, 0.1) is 0 Å². The van der Waals surface area contributed by atoms with Crippen molar-refractivity contribution in [1.29, 1.82) is 0 Å². The molecular formula is C67H122O5. The minimum absolute atomic E-state index is 0.0621. The summed E-state index contributed by atoms with van der Waals surface area (Å²) in [5.74, 6) is -0.573. The standard InChI is InChI=1S/C67H122O5/c1-3-5-7-9-11-13-15-17-19-21-23-25-27-29-31-32-33-34-36-38-40-42-44-46-48-50-52-54-56-58-60-62-67(70)72-65(63-68)64-71-66(69)61-59-57-55-53-51-49-47-45-43-41-39-37-35-30-28-26-24-22-20-18-16-14-12-10-8-6-4-2/h5,7,11,13,17,19,22-25,65,68H,3-4,6,8-10,12,14-16,18,20-21,26-64H2,1-2H3/b7-5-,13-11-,19-17-,24-22-,25-23-. The van der Waals surface area contributed by atoms with E-state index in [0.29, 0.717) is 12.8 Å². The molecule has 0 saturated heterocycles. The van der Waals surface area contributed by atoms with E-state index < -0.39 is 6.10 Å². The van der Waals surface area contributed by atoms with Gasteiger partial charge >= 0.3 is 11.9 Å². The number of carbonyl (C=O) groups is 2. The van der Waals surface area contributed by atoms with Crippen molar-refractivity contribution in [1.82, 2.24) is 0 Å². The van der Waals surface area contributed by atoms with E-state index >= 15 is 0 Å². The number of ether oxygens (including phenoxy) is 2. The number of aliphatic hydroxyl groups is 1. The molecule has 0 radical (unpaired) electrons. The van der Waals surface area contributed by atoms with Crippen LogP contribution < -0.4 is 0 Å². The van der Waals surface area contributed by atoms with Gasteiger partial charge in [0.25, 0.3) is 0 Å². The number of hydrogen-bond donors (Lipinski definition) is 1. The Morgan fingerprint density at radius 3 is 0.917 bits per heavy atom. The Morgan fingerprint density at radius 2 is 0.597 bits per heavy atom. The smallest absolute Gasteiger partial charge is 0.306 e. The van der Waals surface area contributed by atoms with Crippen LogP contribution in [0.3, 0.4) is 0 Å². The zero-order valence-corrected chi connectivity index (χ0v) is 48.2. The number of esters is 2. The summed E-state index contributed by atoms with van der Waals surface area (Å²) in [5, 5.41) is 9.68. The van der Waals surface area contributed by atoms with Crippen LogP contribution in [0.1, 0.15) is 335 Å². The van der Waals surface area contributed by atoms with Crippen molar-refractivity contribution in [2.24, 2.45) is 0 Å². The fourth-order valence-corrected chi connectivity index (χ4v) is 9.55. The van der Waals surface area contributed by atoms with Crippen molar-refractivity contribution < 1.29 is 24.2 Å². The summed E-state index contributed by atoms with van der Waals surface area (Å²) in [6, 6.07) is 0. The number of rotatable bonds is 59. The fourth-order valence-electron chi connectivity index (χ4n) is 9.55. The zero-order chi connectivity index (χ0) is 52.0. The second kappa shape index (κ2) is 62.9. The van der Waals surface area contributed by atoms with Gasteiger partial charge in [0.2, 0.25) is 0 Å². The van der Waals surface area contributed by atoms with Crippen LogP contribution in [0.15, 0.2) is 60.8 Å². The molecule has 0 bridgehead atoms. The maximum Gasteiger partial charge on any atom is 0.306 e. The first-order chi connectivity index (χ1) is 35.6. The van der Waals surface area contributed by atoms with Gasteiger partial charge in [-0.2, -0.15) is 0 Å². The minimum atomic E-state index is -0.772. The molecule has 0 saturated carbocycles. The van der Waals surface area contributed by atoms with Gasteiger partial charge in [0, 0.05) is 12.8 Å². The number of carbonyl (C=O) groups excluding carboxylic acids is 2. The van der Waals surface area contributed by atoms with Gasteiger partial charge in [-0.3, -0.25) is 9.59 Å². The van der Waals surface area contributed by atoms with E-state index in [-0.39, 0.29) is 25.2 Å². The van der Waals surface area contributed by atoms with Crippen molar-refractivity contribution in [3.05, 3.63) is 60.8 Å². The highest BCUT2D eigenvalue weighted by atomic mass is 16.6. The van der Waals surface area contributed by atoms with Gasteiger partial charge < -0.3 is 14.6 Å². The lowest BCUT2D eigenvalue weighted by atomic mass is 10.0. The van der Waals surface area contributed by atoms with E-state index in [0.717, 1.165) is 64.2 Å². The summed E-state index contributed by atoms with van der Waals surface area (Å²) >= 11 is 0. The SMILES string of the molecule is CC/C=C\C/C=C\C/C=C\C/C=C\CCCCCCCCCCCCCCCCCCCCC(=O)OC(CO)COC(=O)CCCCCCCCCCCCCCCCC/C=C\CCCCCCCCCC. The molecule has 0 aromatic rings. The van der Waals surface area contributed by atoms with Crippen molar-refractivity contribution in [3.63, 3.8) is 0 Å². The Bertz CT molecular complexity index is 1230. The Balaban J connectivity index is 3.42. The van der Waals surface area contributed by atoms with E-state index in [1.54, 1.807) is 0 Å². The molecule has 1 atom stereocenters. The topological polar surface area (TPSA) is 72.8 Å². The largest absolute Gasteiger partial charge is 0.462 e. The van der Waals surface area contributed by atoms with Crippen LogP contribution in [0.25, 0.3) is 0 Å². The van der Waals surface area contributed by atoms with Gasteiger partial charge in [0.05, 0.1) is 6.61 Å². The van der Waals surface area contributed by atoms with Gasteiger partial charge in [0.1, 0.15) is 6.61 Å². The molecule has 0 aliphatic heterocycles. The third-order valence-electron chi connectivity index (χ3n) is 14.3. The normalized spacial score (nSPS) is 12.5. The first-order valence-electron chi connectivity index (χ1n) is 31.8. The molecule has 5 nitrogen and oxygen atoms in total. The van der Waals surface area contributed by atoms with Crippen LogP contribution in [-0.2, 0) is 19.1 Å². The molecule has 0 heterocycles. The number of allylic oxidation sites excluding steroid dienone is 10. The molecule has 1 N–H and O–H groups in total. The molecule has 0 aromatic heterocycles. The average Bonchev–Trinajstić information content (AvgIpc) is 3.38. The third kappa shape index (κ3) is 60.2. The van der Waals surface area contributed by atoms with Crippen LogP contribution in [0.5, 0.6) is 0 Å². The fraction of sp³-hybridized carbons (Fsp3) is 0.821. The van der Waals surface area contributed by atoms with E-state index in [2.05, 4.69) is 74.6 Å². The maximum atomic E-state index is 12.3. The lowest BCUT2D eigenvalue weighted by molar-refractivity contribution is -0.161. The Morgan fingerprint density at radius 1 is 0.333 bits per heavy atom. The van der Waals surface area contributed by atoms with Crippen molar-refractivity contribution >= 4 is 11.9 Å². The summed E-state index contributed by atoms with van der Waals surface area (Å²) in [6.45, 7) is 4.07. The summed E-state index contributed by atoms with van der Waals surface area (Å²) < 4.78 is 10.7. The Hall–Kier alpha value is -2.40. The highest BCUT2D eigenvalue weighted by Gasteiger charge is 2.16. The third-order valence-corrected chi connectivity index (χ3v) is 14.3. The number of hydrogen-bond acceptors (Lipinski definition) is 5.